The number of benzene rings is 1. The summed E-state index contributed by atoms with van der Waals surface area (Å²) in [4.78, 5) is 11.7. The van der Waals surface area contributed by atoms with E-state index in [-0.39, 0.29) is 0 Å². The maximum absolute atomic E-state index is 11.7. The van der Waals surface area contributed by atoms with Gasteiger partial charge in [-0.05, 0) is 48.1 Å². The molecule has 0 bridgehead atoms. The maximum atomic E-state index is 11.7. The first-order valence-corrected chi connectivity index (χ1v) is 9.51. The van der Waals surface area contributed by atoms with E-state index in [0.29, 0.717) is 18.7 Å². The molecule has 2 heterocycles. The van der Waals surface area contributed by atoms with Crippen molar-refractivity contribution in [2.45, 2.75) is 32.7 Å². The highest BCUT2D eigenvalue weighted by molar-refractivity contribution is 5.75. The fraction of sp³-hybridized carbons (Fsp3) is 0.250. The monoisotopic (exact) mass is 374 g/mol. The van der Waals surface area contributed by atoms with E-state index in [0.717, 1.165) is 42.6 Å². The smallest absolute Gasteiger partial charge is 0.168 e. The van der Waals surface area contributed by atoms with Gasteiger partial charge in [-0.3, -0.25) is 9.48 Å². The van der Waals surface area contributed by atoms with Gasteiger partial charge in [-0.2, -0.15) is 5.10 Å². The van der Waals surface area contributed by atoms with Crippen molar-refractivity contribution in [3.05, 3.63) is 95.4 Å². The molecule has 0 spiro atoms. The summed E-state index contributed by atoms with van der Waals surface area (Å²) in [6.45, 7) is 11.1. The van der Waals surface area contributed by atoms with E-state index in [1.165, 1.54) is 16.7 Å². The number of fused-ring (bicyclic) bond motifs is 1. The first-order valence-electron chi connectivity index (χ1n) is 9.51. The van der Waals surface area contributed by atoms with Gasteiger partial charge < -0.3 is 4.74 Å². The second kappa shape index (κ2) is 9.18. The van der Waals surface area contributed by atoms with Crippen LogP contribution in [0.2, 0.25) is 0 Å². The fourth-order valence-corrected chi connectivity index (χ4v) is 3.47. The Hall–Kier alpha value is -3.14. The second-order valence-electron chi connectivity index (χ2n) is 6.92. The van der Waals surface area contributed by atoms with Crippen LogP contribution in [-0.2, 0) is 19.4 Å². The number of carbonyl (C=O) groups excluding carboxylic acids is 1. The predicted molar refractivity (Wildman–Crippen MR) is 113 cm³/mol. The number of rotatable bonds is 8. The number of carbonyl (C=O) groups is 1. The molecule has 1 aliphatic rings. The number of aldehydes is 1. The quantitative estimate of drug-likeness (QED) is 0.494. The van der Waals surface area contributed by atoms with Gasteiger partial charge in [0, 0.05) is 12.0 Å². The van der Waals surface area contributed by atoms with Gasteiger partial charge in [0.15, 0.2) is 6.29 Å². The number of allylic oxidation sites excluding steroid dienone is 6. The number of aromatic nitrogens is 2. The Labute approximate surface area is 166 Å². The lowest BCUT2D eigenvalue weighted by Crippen LogP contribution is -2.11. The molecule has 0 unspecified atom stereocenters. The van der Waals surface area contributed by atoms with Crippen molar-refractivity contribution in [3.8, 4) is 5.75 Å². The second-order valence-corrected chi connectivity index (χ2v) is 6.92. The molecule has 0 saturated carbocycles. The van der Waals surface area contributed by atoms with Crippen LogP contribution in [0.25, 0.3) is 0 Å². The van der Waals surface area contributed by atoms with Crippen molar-refractivity contribution < 1.29 is 9.53 Å². The van der Waals surface area contributed by atoms with E-state index in [1.54, 1.807) is 17.0 Å². The van der Waals surface area contributed by atoms with E-state index in [9.17, 15) is 4.79 Å². The molecule has 0 atom stereocenters. The zero-order valence-corrected chi connectivity index (χ0v) is 16.4. The topological polar surface area (TPSA) is 44.1 Å². The number of nitrogens with zero attached hydrogens (tertiary/aromatic N) is 2. The third kappa shape index (κ3) is 4.39. The third-order valence-electron chi connectivity index (χ3n) is 4.99. The SMILES string of the molecule is C=CC=C/C=C\C(=C)Cn1ncc(Cc2ccc3c(c2C)CCCO3)c1C=O. The Bertz CT molecular complexity index is 948. The lowest BCUT2D eigenvalue weighted by molar-refractivity contribution is 0.111. The van der Waals surface area contributed by atoms with Crippen molar-refractivity contribution in [2.24, 2.45) is 0 Å². The molecule has 0 N–H and O–H groups in total. The Balaban J connectivity index is 1.78. The number of hydrogen-bond donors (Lipinski definition) is 0. The Morgan fingerprint density at radius 3 is 2.93 bits per heavy atom. The van der Waals surface area contributed by atoms with Gasteiger partial charge in [0.25, 0.3) is 0 Å². The van der Waals surface area contributed by atoms with Gasteiger partial charge in [0.2, 0.25) is 0 Å². The first kappa shape index (κ1) is 19.6. The van der Waals surface area contributed by atoms with Crippen molar-refractivity contribution in [1.82, 2.24) is 9.78 Å². The van der Waals surface area contributed by atoms with Gasteiger partial charge in [-0.1, -0.05) is 49.6 Å². The van der Waals surface area contributed by atoms with Crippen LogP contribution in [0, 0.1) is 6.92 Å². The van der Waals surface area contributed by atoms with Crippen LogP contribution < -0.4 is 4.74 Å². The summed E-state index contributed by atoms with van der Waals surface area (Å²) >= 11 is 0. The molecule has 144 valence electrons. The summed E-state index contributed by atoms with van der Waals surface area (Å²) in [7, 11) is 0. The first-order chi connectivity index (χ1) is 13.6. The molecule has 4 nitrogen and oxygen atoms in total. The van der Waals surface area contributed by atoms with Crippen molar-refractivity contribution in [3.63, 3.8) is 0 Å². The lowest BCUT2D eigenvalue weighted by atomic mass is 9.93. The molecule has 0 fully saturated rings. The predicted octanol–water partition coefficient (Wildman–Crippen LogP) is 4.77. The molecule has 1 aliphatic heterocycles. The van der Waals surface area contributed by atoms with Gasteiger partial charge in [0.1, 0.15) is 11.4 Å². The summed E-state index contributed by atoms with van der Waals surface area (Å²) < 4.78 is 7.46. The average Bonchev–Trinajstić information content (AvgIpc) is 3.08. The Kier molecular flexibility index (Phi) is 6.43. The molecule has 1 aromatic heterocycles. The van der Waals surface area contributed by atoms with E-state index >= 15 is 0 Å². The summed E-state index contributed by atoms with van der Waals surface area (Å²) in [6, 6.07) is 4.14. The van der Waals surface area contributed by atoms with E-state index in [2.05, 4.69) is 31.2 Å². The molecular formula is C24H26N2O2. The molecule has 2 aromatic rings. The summed E-state index contributed by atoms with van der Waals surface area (Å²) in [5.74, 6) is 0.993. The zero-order chi connectivity index (χ0) is 19.9. The summed E-state index contributed by atoms with van der Waals surface area (Å²) in [5.41, 5.74) is 6.15. The molecule has 28 heavy (non-hydrogen) atoms. The highest BCUT2D eigenvalue weighted by Gasteiger charge is 2.17. The van der Waals surface area contributed by atoms with Crippen molar-refractivity contribution >= 4 is 6.29 Å². The summed E-state index contributed by atoms with van der Waals surface area (Å²) in [5, 5.41) is 4.42. The molecule has 3 rings (SSSR count). The van der Waals surface area contributed by atoms with Gasteiger partial charge in [-0.25, -0.2) is 0 Å². The highest BCUT2D eigenvalue weighted by Crippen LogP contribution is 2.31. The molecule has 0 amide bonds. The average molecular weight is 374 g/mol. The van der Waals surface area contributed by atoms with Crippen molar-refractivity contribution in [2.75, 3.05) is 6.61 Å². The normalized spacial score (nSPS) is 13.5. The van der Waals surface area contributed by atoms with Crippen LogP contribution in [-0.4, -0.2) is 22.7 Å². The Morgan fingerprint density at radius 1 is 1.29 bits per heavy atom. The maximum Gasteiger partial charge on any atom is 0.168 e. The molecule has 0 saturated heterocycles. The van der Waals surface area contributed by atoms with Crippen LogP contribution >= 0.6 is 0 Å². The van der Waals surface area contributed by atoms with Gasteiger partial charge in [-0.15, -0.1) is 0 Å². The van der Waals surface area contributed by atoms with Crippen LogP contribution in [0.3, 0.4) is 0 Å². The van der Waals surface area contributed by atoms with E-state index < -0.39 is 0 Å². The molecule has 0 aliphatic carbocycles. The fourth-order valence-electron chi connectivity index (χ4n) is 3.47. The van der Waals surface area contributed by atoms with E-state index in [4.69, 9.17) is 4.74 Å². The number of ether oxygens (including phenoxy) is 1. The summed E-state index contributed by atoms with van der Waals surface area (Å²) in [6.07, 6.45) is 14.7. The molecule has 4 heteroatoms. The van der Waals surface area contributed by atoms with Crippen molar-refractivity contribution in [1.29, 1.82) is 0 Å². The lowest BCUT2D eigenvalue weighted by Gasteiger charge is -2.21. The van der Waals surface area contributed by atoms with Gasteiger partial charge >= 0.3 is 0 Å². The minimum Gasteiger partial charge on any atom is -0.493 e. The van der Waals surface area contributed by atoms with Crippen LogP contribution in [0.15, 0.2) is 67.4 Å². The standard InChI is InChI=1S/C24H26N2O2/c1-4-5-6-7-9-18(2)16-26-23(17-27)21(15-25-26)14-20-11-12-24-22(19(20)3)10-8-13-28-24/h4-7,9,11-12,15,17H,1-2,8,10,13-14,16H2,3H3/b6-5?,9-7-. The minimum absolute atomic E-state index is 0.476. The van der Waals surface area contributed by atoms with Crippen LogP contribution in [0.4, 0.5) is 0 Å². The Morgan fingerprint density at radius 2 is 2.14 bits per heavy atom. The highest BCUT2D eigenvalue weighted by atomic mass is 16.5. The molecular weight excluding hydrogens is 348 g/mol. The largest absolute Gasteiger partial charge is 0.493 e. The van der Waals surface area contributed by atoms with Crippen LogP contribution in [0.5, 0.6) is 5.75 Å². The third-order valence-corrected chi connectivity index (χ3v) is 4.99. The van der Waals surface area contributed by atoms with Crippen LogP contribution in [0.1, 0.15) is 39.2 Å². The minimum atomic E-state index is 0.476. The zero-order valence-electron chi connectivity index (χ0n) is 16.4. The van der Waals surface area contributed by atoms with Gasteiger partial charge in [0.05, 0.1) is 19.3 Å². The molecule has 0 radical (unpaired) electrons. The number of hydrogen-bond acceptors (Lipinski definition) is 3. The molecule has 1 aromatic carbocycles. The van der Waals surface area contributed by atoms with E-state index in [1.807, 2.05) is 30.4 Å².